The van der Waals surface area contributed by atoms with Crippen molar-refractivity contribution in [2.45, 2.75) is 38.6 Å². The van der Waals surface area contributed by atoms with Crippen molar-refractivity contribution in [1.29, 1.82) is 0 Å². The van der Waals surface area contributed by atoms with Crippen LogP contribution in [0.15, 0.2) is 12.2 Å². The molecular formula is C13H23NO3. The summed E-state index contributed by atoms with van der Waals surface area (Å²) in [7, 11) is 0. The van der Waals surface area contributed by atoms with E-state index in [1.54, 1.807) is 6.92 Å². The lowest BCUT2D eigenvalue weighted by Gasteiger charge is -2.36. The molecule has 1 rings (SSSR count). The third-order valence-electron chi connectivity index (χ3n) is 3.07. The second-order valence-corrected chi connectivity index (χ2v) is 4.31. The second-order valence-electron chi connectivity index (χ2n) is 4.31. The molecule has 0 saturated heterocycles. The molecule has 0 spiro atoms. The lowest BCUT2D eigenvalue weighted by molar-refractivity contribution is -0.137. The van der Waals surface area contributed by atoms with Crippen molar-refractivity contribution in [2.75, 3.05) is 26.3 Å². The van der Waals surface area contributed by atoms with Gasteiger partial charge in [0.15, 0.2) is 0 Å². The fourth-order valence-corrected chi connectivity index (χ4v) is 1.92. The number of aliphatic hydroxyl groups is 1. The summed E-state index contributed by atoms with van der Waals surface area (Å²) < 4.78 is 4.82. The molecule has 0 aliphatic heterocycles. The summed E-state index contributed by atoms with van der Waals surface area (Å²) in [6.07, 6.45) is 7.91. The van der Waals surface area contributed by atoms with Gasteiger partial charge in [0.25, 0.3) is 0 Å². The summed E-state index contributed by atoms with van der Waals surface area (Å²) >= 11 is 0. The van der Waals surface area contributed by atoms with Gasteiger partial charge in [0, 0.05) is 31.8 Å². The van der Waals surface area contributed by atoms with Gasteiger partial charge in [-0.15, -0.1) is 0 Å². The number of hydrogen-bond donors (Lipinski definition) is 1. The monoisotopic (exact) mass is 241 g/mol. The van der Waals surface area contributed by atoms with E-state index in [4.69, 9.17) is 9.84 Å². The first-order valence-electron chi connectivity index (χ1n) is 6.46. The fourth-order valence-electron chi connectivity index (χ4n) is 1.92. The fraction of sp³-hybridized carbons (Fsp3) is 0.769. The molecule has 98 valence electrons. The molecule has 17 heavy (non-hydrogen) atoms. The van der Waals surface area contributed by atoms with Crippen LogP contribution in [0.1, 0.15) is 32.6 Å². The number of ether oxygens (including phenoxy) is 1. The van der Waals surface area contributed by atoms with Crippen molar-refractivity contribution >= 4 is 5.97 Å². The van der Waals surface area contributed by atoms with Gasteiger partial charge in [-0.25, -0.2) is 4.79 Å². The van der Waals surface area contributed by atoms with Gasteiger partial charge < -0.3 is 9.84 Å². The topological polar surface area (TPSA) is 49.8 Å². The van der Waals surface area contributed by atoms with Gasteiger partial charge in [0.2, 0.25) is 0 Å². The summed E-state index contributed by atoms with van der Waals surface area (Å²) in [5.74, 6) is -0.275. The van der Waals surface area contributed by atoms with Gasteiger partial charge >= 0.3 is 5.97 Å². The van der Waals surface area contributed by atoms with Crippen molar-refractivity contribution in [1.82, 2.24) is 4.90 Å². The third kappa shape index (κ3) is 5.33. The SMILES string of the molecule is CCOC(=O)/C=C/CN(CCCO)C1CCC1. The summed E-state index contributed by atoms with van der Waals surface area (Å²) in [6, 6.07) is 0.633. The van der Waals surface area contributed by atoms with Gasteiger partial charge in [-0.1, -0.05) is 12.5 Å². The van der Waals surface area contributed by atoms with E-state index in [-0.39, 0.29) is 12.6 Å². The predicted octanol–water partition coefficient (Wildman–Crippen LogP) is 1.34. The number of esters is 1. The number of carbonyl (C=O) groups is 1. The number of nitrogens with zero attached hydrogens (tertiary/aromatic N) is 1. The zero-order chi connectivity index (χ0) is 12.5. The summed E-state index contributed by atoms with van der Waals surface area (Å²) in [6.45, 7) is 4.11. The highest BCUT2D eigenvalue weighted by Gasteiger charge is 2.23. The van der Waals surface area contributed by atoms with Crippen molar-refractivity contribution in [3.05, 3.63) is 12.2 Å². The van der Waals surface area contributed by atoms with Gasteiger partial charge in [-0.3, -0.25) is 4.90 Å². The quantitative estimate of drug-likeness (QED) is 0.515. The summed E-state index contributed by atoms with van der Waals surface area (Å²) in [5.41, 5.74) is 0. The maximum Gasteiger partial charge on any atom is 0.330 e. The second kappa shape index (κ2) is 8.25. The Labute approximate surface area is 103 Å². The van der Waals surface area contributed by atoms with E-state index < -0.39 is 0 Å². The molecule has 4 nitrogen and oxygen atoms in total. The van der Waals surface area contributed by atoms with E-state index in [9.17, 15) is 4.79 Å². The van der Waals surface area contributed by atoms with Crippen LogP contribution in [0.4, 0.5) is 0 Å². The molecule has 1 N–H and O–H groups in total. The lowest BCUT2D eigenvalue weighted by atomic mass is 9.91. The Balaban J connectivity index is 2.29. The minimum Gasteiger partial charge on any atom is -0.463 e. The highest BCUT2D eigenvalue weighted by Crippen LogP contribution is 2.24. The van der Waals surface area contributed by atoms with Gasteiger partial charge in [-0.2, -0.15) is 0 Å². The zero-order valence-corrected chi connectivity index (χ0v) is 10.6. The van der Waals surface area contributed by atoms with E-state index >= 15 is 0 Å². The minimum absolute atomic E-state index is 0.227. The van der Waals surface area contributed by atoms with Gasteiger partial charge in [0.1, 0.15) is 0 Å². The number of carbonyl (C=O) groups excluding carboxylic acids is 1. The number of hydrogen-bond acceptors (Lipinski definition) is 4. The molecular weight excluding hydrogens is 218 g/mol. The van der Waals surface area contributed by atoms with E-state index in [2.05, 4.69) is 4.90 Å². The van der Waals surface area contributed by atoms with Gasteiger partial charge in [-0.05, 0) is 26.2 Å². The van der Waals surface area contributed by atoms with Gasteiger partial charge in [0.05, 0.1) is 6.61 Å². The Hall–Kier alpha value is -0.870. The molecule has 0 heterocycles. The molecule has 1 aliphatic carbocycles. The maximum absolute atomic E-state index is 11.1. The van der Waals surface area contributed by atoms with E-state index in [1.807, 2.05) is 6.08 Å². The summed E-state index contributed by atoms with van der Waals surface area (Å²) in [4.78, 5) is 13.5. The molecule has 1 saturated carbocycles. The van der Waals surface area contributed by atoms with Crippen LogP contribution in [0.25, 0.3) is 0 Å². The average molecular weight is 241 g/mol. The molecule has 0 bridgehead atoms. The Morgan fingerprint density at radius 3 is 2.82 bits per heavy atom. The molecule has 0 aromatic carbocycles. The maximum atomic E-state index is 11.1. The first-order chi connectivity index (χ1) is 8.27. The van der Waals surface area contributed by atoms with Crippen molar-refractivity contribution in [2.24, 2.45) is 0 Å². The summed E-state index contributed by atoms with van der Waals surface area (Å²) in [5, 5.41) is 8.85. The molecule has 1 fully saturated rings. The molecule has 4 heteroatoms. The molecule has 0 aromatic rings. The Bertz CT molecular complexity index is 249. The van der Waals surface area contributed by atoms with Crippen molar-refractivity contribution < 1.29 is 14.6 Å². The van der Waals surface area contributed by atoms with Crippen molar-refractivity contribution in [3.8, 4) is 0 Å². The first kappa shape index (κ1) is 14.2. The molecule has 0 aromatic heterocycles. The van der Waals surface area contributed by atoms with E-state index in [0.29, 0.717) is 12.6 Å². The normalized spacial score (nSPS) is 16.4. The highest BCUT2D eigenvalue weighted by molar-refractivity contribution is 5.81. The molecule has 0 atom stereocenters. The van der Waals surface area contributed by atoms with Crippen LogP contribution in [0.5, 0.6) is 0 Å². The molecule has 0 unspecified atom stereocenters. The highest BCUT2D eigenvalue weighted by atomic mass is 16.5. The smallest absolute Gasteiger partial charge is 0.330 e. The van der Waals surface area contributed by atoms with Crippen LogP contribution in [-0.4, -0.2) is 48.3 Å². The standard InChI is InChI=1S/C13H23NO3/c1-2-17-13(16)8-4-9-14(10-5-11-15)12-6-3-7-12/h4,8,12,15H,2-3,5-7,9-11H2,1H3/b8-4+. The van der Waals surface area contributed by atoms with Crippen LogP contribution in [0.2, 0.25) is 0 Å². The van der Waals surface area contributed by atoms with Crippen LogP contribution >= 0.6 is 0 Å². The number of rotatable bonds is 8. The van der Waals surface area contributed by atoms with Crippen LogP contribution in [0, 0.1) is 0 Å². The Morgan fingerprint density at radius 2 is 2.29 bits per heavy atom. The largest absolute Gasteiger partial charge is 0.463 e. The Morgan fingerprint density at radius 1 is 1.53 bits per heavy atom. The lowest BCUT2D eigenvalue weighted by Crippen LogP contribution is -2.41. The minimum atomic E-state index is -0.275. The van der Waals surface area contributed by atoms with Crippen LogP contribution in [0.3, 0.4) is 0 Å². The average Bonchev–Trinajstić information content (AvgIpc) is 2.23. The van der Waals surface area contributed by atoms with Crippen molar-refractivity contribution in [3.63, 3.8) is 0 Å². The molecule has 0 amide bonds. The zero-order valence-electron chi connectivity index (χ0n) is 10.6. The molecule has 1 aliphatic rings. The van der Waals surface area contributed by atoms with Crippen LogP contribution in [-0.2, 0) is 9.53 Å². The predicted molar refractivity (Wildman–Crippen MR) is 66.7 cm³/mol. The van der Waals surface area contributed by atoms with E-state index in [1.165, 1.54) is 25.3 Å². The third-order valence-corrected chi connectivity index (χ3v) is 3.07. The Kier molecular flexibility index (Phi) is 6.89. The first-order valence-corrected chi connectivity index (χ1v) is 6.46. The van der Waals surface area contributed by atoms with Crippen LogP contribution < -0.4 is 0 Å². The van der Waals surface area contributed by atoms with E-state index in [0.717, 1.165) is 19.5 Å². The number of aliphatic hydroxyl groups excluding tert-OH is 1. The molecule has 0 radical (unpaired) electrons.